The highest BCUT2D eigenvalue weighted by atomic mass is 35.5. The Morgan fingerprint density at radius 2 is 2.17 bits per heavy atom. The number of hydrogen-bond donors (Lipinski definition) is 0. The Balaban J connectivity index is 1.96. The van der Waals surface area contributed by atoms with Gasteiger partial charge in [0.1, 0.15) is 5.82 Å². The van der Waals surface area contributed by atoms with Crippen LogP contribution in [0.25, 0.3) is 0 Å². The summed E-state index contributed by atoms with van der Waals surface area (Å²) in [5.41, 5.74) is 1.12. The van der Waals surface area contributed by atoms with Crippen LogP contribution in [0.1, 0.15) is 18.4 Å². The van der Waals surface area contributed by atoms with Gasteiger partial charge in [-0.05, 0) is 45.0 Å². The molecule has 1 aliphatic heterocycles. The number of aromatic nitrogens is 1. The summed E-state index contributed by atoms with van der Waals surface area (Å²) in [4.78, 5) is 9.12. The third-order valence-electron chi connectivity index (χ3n) is 3.74. The molecule has 0 spiro atoms. The predicted molar refractivity (Wildman–Crippen MR) is 77.3 cm³/mol. The van der Waals surface area contributed by atoms with Crippen LogP contribution in [-0.2, 0) is 5.88 Å². The van der Waals surface area contributed by atoms with Crippen molar-refractivity contribution in [2.45, 2.75) is 18.7 Å². The van der Waals surface area contributed by atoms with Crippen molar-refractivity contribution < 1.29 is 0 Å². The lowest BCUT2D eigenvalue weighted by molar-refractivity contribution is 0.222. The molecule has 0 saturated carbocycles. The molecule has 1 aromatic rings. The zero-order valence-electron chi connectivity index (χ0n) is 11.3. The highest BCUT2D eigenvalue weighted by Crippen LogP contribution is 2.22. The van der Waals surface area contributed by atoms with Gasteiger partial charge in [0.2, 0.25) is 0 Å². The van der Waals surface area contributed by atoms with E-state index < -0.39 is 0 Å². The zero-order valence-corrected chi connectivity index (χ0v) is 12.0. The number of nitrogens with zero attached hydrogens (tertiary/aromatic N) is 3. The summed E-state index contributed by atoms with van der Waals surface area (Å²) in [5.74, 6) is 2.34. The second-order valence-electron chi connectivity index (χ2n) is 5.25. The fraction of sp³-hybridized carbons (Fsp3) is 0.643. The van der Waals surface area contributed by atoms with Crippen LogP contribution in [0.4, 0.5) is 5.82 Å². The van der Waals surface area contributed by atoms with Gasteiger partial charge in [-0.15, -0.1) is 11.6 Å². The Morgan fingerprint density at radius 3 is 2.83 bits per heavy atom. The van der Waals surface area contributed by atoms with E-state index in [0.29, 0.717) is 5.88 Å². The molecule has 1 saturated heterocycles. The molecule has 1 aliphatic rings. The van der Waals surface area contributed by atoms with Gasteiger partial charge < -0.3 is 9.80 Å². The number of piperidine rings is 1. The Labute approximate surface area is 115 Å². The van der Waals surface area contributed by atoms with Crippen LogP contribution in [-0.4, -0.2) is 43.6 Å². The monoisotopic (exact) mass is 267 g/mol. The van der Waals surface area contributed by atoms with Crippen molar-refractivity contribution in [1.29, 1.82) is 0 Å². The van der Waals surface area contributed by atoms with Crippen molar-refractivity contribution in [2.75, 3.05) is 38.6 Å². The van der Waals surface area contributed by atoms with Gasteiger partial charge in [-0.1, -0.05) is 6.07 Å². The molecule has 2 heterocycles. The standard InChI is InChI=1S/C14H22ClN3/c1-17-8-5-12(6-9-17)11-18(2)14-13(10-15)4-3-7-16-14/h3-4,7,12H,5-6,8-11H2,1-2H3. The summed E-state index contributed by atoms with van der Waals surface area (Å²) in [6.45, 7) is 3.50. The Hall–Kier alpha value is -0.800. The number of alkyl halides is 1. The van der Waals surface area contributed by atoms with E-state index in [1.165, 1.54) is 25.9 Å². The molecule has 0 amide bonds. The maximum atomic E-state index is 5.96. The van der Waals surface area contributed by atoms with Crippen molar-refractivity contribution in [1.82, 2.24) is 9.88 Å². The maximum absolute atomic E-state index is 5.96. The maximum Gasteiger partial charge on any atom is 0.132 e. The molecule has 0 N–H and O–H groups in total. The van der Waals surface area contributed by atoms with Crippen LogP contribution < -0.4 is 4.90 Å². The molecule has 4 heteroatoms. The molecule has 0 aromatic carbocycles. The number of anilines is 1. The van der Waals surface area contributed by atoms with E-state index in [1.54, 1.807) is 0 Å². The van der Waals surface area contributed by atoms with Crippen LogP contribution in [0.3, 0.4) is 0 Å². The highest BCUT2D eigenvalue weighted by Gasteiger charge is 2.19. The van der Waals surface area contributed by atoms with Crippen molar-refractivity contribution in [3.8, 4) is 0 Å². The molecule has 0 bridgehead atoms. The van der Waals surface area contributed by atoms with E-state index in [-0.39, 0.29) is 0 Å². The molecule has 1 fully saturated rings. The molecule has 1 aromatic heterocycles. The van der Waals surface area contributed by atoms with Crippen molar-refractivity contribution >= 4 is 17.4 Å². The molecular weight excluding hydrogens is 246 g/mol. The fourth-order valence-corrected chi connectivity index (χ4v) is 2.81. The molecule has 2 rings (SSSR count). The number of rotatable bonds is 4. The molecule has 0 aliphatic carbocycles. The summed E-state index contributed by atoms with van der Waals surface area (Å²) in [5, 5.41) is 0. The zero-order chi connectivity index (χ0) is 13.0. The average Bonchev–Trinajstić information content (AvgIpc) is 2.41. The number of pyridine rings is 1. The van der Waals surface area contributed by atoms with Gasteiger partial charge in [-0.2, -0.15) is 0 Å². The Kier molecular flexibility index (Phi) is 4.84. The first-order valence-electron chi connectivity index (χ1n) is 6.60. The highest BCUT2D eigenvalue weighted by molar-refractivity contribution is 6.17. The van der Waals surface area contributed by atoms with Crippen LogP contribution in [0.5, 0.6) is 0 Å². The molecule has 0 radical (unpaired) electrons. The average molecular weight is 268 g/mol. The van der Waals surface area contributed by atoms with Crippen LogP contribution >= 0.6 is 11.6 Å². The third kappa shape index (κ3) is 3.36. The normalized spacial score (nSPS) is 17.9. The van der Waals surface area contributed by atoms with Gasteiger partial charge >= 0.3 is 0 Å². The first-order valence-corrected chi connectivity index (χ1v) is 7.13. The summed E-state index contributed by atoms with van der Waals surface area (Å²) in [6, 6.07) is 4.01. The van der Waals surface area contributed by atoms with Gasteiger partial charge in [0, 0.05) is 25.4 Å². The van der Waals surface area contributed by atoms with Crippen molar-refractivity contribution in [3.05, 3.63) is 23.9 Å². The molecule has 3 nitrogen and oxygen atoms in total. The van der Waals surface area contributed by atoms with Gasteiger partial charge in [-0.3, -0.25) is 0 Å². The second kappa shape index (κ2) is 6.39. The van der Waals surface area contributed by atoms with Crippen LogP contribution in [0.2, 0.25) is 0 Å². The quantitative estimate of drug-likeness (QED) is 0.782. The topological polar surface area (TPSA) is 19.4 Å². The van der Waals surface area contributed by atoms with Gasteiger partial charge in [0.05, 0.1) is 5.88 Å². The SMILES string of the molecule is CN1CCC(CN(C)c2ncccc2CCl)CC1. The molecule has 18 heavy (non-hydrogen) atoms. The minimum atomic E-state index is 0.529. The number of likely N-dealkylation sites (tertiary alicyclic amines) is 1. The van der Waals surface area contributed by atoms with Crippen LogP contribution in [0.15, 0.2) is 18.3 Å². The lowest BCUT2D eigenvalue weighted by Crippen LogP contribution is -2.36. The van der Waals surface area contributed by atoms with E-state index in [0.717, 1.165) is 23.8 Å². The molecular formula is C14H22ClN3. The molecule has 0 unspecified atom stereocenters. The second-order valence-corrected chi connectivity index (χ2v) is 5.51. The van der Waals surface area contributed by atoms with Crippen LogP contribution in [0, 0.1) is 5.92 Å². The lowest BCUT2D eigenvalue weighted by atomic mass is 9.96. The third-order valence-corrected chi connectivity index (χ3v) is 4.03. The van der Waals surface area contributed by atoms with E-state index in [1.807, 2.05) is 12.3 Å². The van der Waals surface area contributed by atoms with Gasteiger partial charge in [0.25, 0.3) is 0 Å². The van der Waals surface area contributed by atoms with Crippen molar-refractivity contribution in [3.63, 3.8) is 0 Å². The Bertz CT molecular complexity index is 375. The largest absolute Gasteiger partial charge is 0.359 e. The van der Waals surface area contributed by atoms with E-state index in [2.05, 4.69) is 34.9 Å². The molecule has 0 atom stereocenters. The minimum Gasteiger partial charge on any atom is -0.359 e. The Morgan fingerprint density at radius 1 is 1.44 bits per heavy atom. The summed E-state index contributed by atoms with van der Waals surface area (Å²) >= 11 is 5.96. The number of hydrogen-bond acceptors (Lipinski definition) is 3. The lowest BCUT2D eigenvalue weighted by Gasteiger charge is -2.32. The van der Waals surface area contributed by atoms with Gasteiger partial charge in [-0.25, -0.2) is 4.98 Å². The summed E-state index contributed by atoms with van der Waals surface area (Å²) < 4.78 is 0. The smallest absolute Gasteiger partial charge is 0.132 e. The van der Waals surface area contributed by atoms with E-state index >= 15 is 0 Å². The fourth-order valence-electron chi connectivity index (χ4n) is 2.60. The van der Waals surface area contributed by atoms with Crippen molar-refractivity contribution in [2.24, 2.45) is 5.92 Å². The number of halogens is 1. The first-order chi connectivity index (χ1) is 8.70. The summed E-state index contributed by atoms with van der Waals surface area (Å²) in [7, 11) is 4.32. The van der Waals surface area contributed by atoms with Gasteiger partial charge in [0.15, 0.2) is 0 Å². The molecule has 100 valence electrons. The summed E-state index contributed by atoms with van der Waals surface area (Å²) in [6.07, 6.45) is 4.41. The van der Waals surface area contributed by atoms with E-state index in [9.17, 15) is 0 Å². The first kappa shape index (κ1) is 13.6. The minimum absolute atomic E-state index is 0.529. The van der Waals surface area contributed by atoms with E-state index in [4.69, 9.17) is 11.6 Å². The predicted octanol–water partition coefficient (Wildman–Crippen LogP) is 2.60.